The van der Waals surface area contributed by atoms with E-state index in [-0.39, 0.29) is 6.61 Å². The average molecular weight is 312 g/mol. The molecule has 3 rings (SSSR count). The number of aromatic nitrogens is 3. The second-order valence-corrected chi connectivity index (χ2v) is 6.08. The van der Waals surface area contributed by atoms with Gasteiger partial charge in [-0.1, -0.05) is 42.5 Å². The highest BCUT2D eigenvalue weighted by atomic mass is 16.3. The van der Waals surface area contributed by atoms with Crippen LogP contribution in [-0.2, 0) is 13.7 Å². The van der Waals surface area contributed by atoms with Crippen molar-refractivity contribution in [2.75, 3.05) is 19.6 Å². The normalized spacial score (nSPS) is 17.1. The molecule has 1 aliphatic heterocycles. The topological polar surface area (TPSA) is 54.2 Å². The van der Waals surface area contributed by atoms with Crippen molar-refractivity contribution in [1.29, 1.82) is 0 Å². The number of aliphatic hydroxyl groups is 1. The van der Waals surface area contributed by atoms with Gasteiger partial charge in [-0.2, -0.15) is 0 Å². The quantitative estimate of drug-likeness (QED) is 0.919. The van der Waals surface area contributed by atoms with Gasteiger partial charge < -0.3 is 9.67 Å². The molecule has 0 radical (unpaired) electrons. The highest BCUT2D eigenvalue weighted by Crippen LogP contribution is 2.26. The number of likely N-dealkylation sites (tertiary alicyclic amines) is 1. The Bertz CT molecular complexity index is 642. The third-order valence-electron chi connectivity index (χ3n) is 4.57. The van der Waals surface area contributed by atoms with Crippen LogP contribution in [0.4, 0.5) is 0 Å². The molecule has 122 valence electrons. The van der Waals surface area contributed by atoms with Crippen LogP contribution in [-0.4, -0.2) is 44.4 Å². The number of piperidine rings is 1. The molecule has 0 atom stereocenters. The van der Waals surface area contributed by atoms with Gasteiger partial charge in [0.2, 0.25) is 0 Å². The molecule has 2 heterocycles. The number of rotatable bonds is 5. The van der Waals surface area contributed by atoms with Gasteiger partial charge in [-0.15, -0.1) is 10.2 Å². The van der Waals surface area contributed by atoms with Crippen LogP contribution in [0.3, 0.4) is 0 Å². The second kappa shape index (κ2) is 7.53. The molecule has 1 aromatic carbocycles. The van der Waals surface area contributed by atoms with E-state index in [9.17, 15) is 5.11 Å². The van der Waals surface area contributed by atoms with Gasteiger partial charge >= 0.3 is 0 Å². The van der Waals surface area contributed by atoms with E-state index in [1.165, 1.54) is 5.56 Å². The summed E-state index contributed by atoms with van der Waals surface area (Å²) in [6.45, 7) is 3.09. The molecule has 0 saturated carbocycles. The van der Waals surface area contributed by atoms with Gasteiger partial charge in [0.05, 0.1) is 0 Å². The van der Waals surface area contributed by atoms with E-state index < -0.39 is 0 Å². The number of aliphatic hydroxyl groups excluding tert-OH is 1. The molecule has 0 spiro atoms. The first-order chi connectivity index (χ1) is 11.3. The van der Waals surface area contributed by atoms with Crippen LogP contribution in [0.5, 0.6) is 0 Å². The fourth-order valence-electron chi connectivity index (χ4n) is 3.14. The van der Waals surface area contributed by atoms with E-state index in [0.29, 0.717) is 11.7 Å². The van der Waals surface area contributed by atoms with Crippen molar-refractivity contribution >= 4 is 6.08 Å². The Kier molecular flexibility index (Phi) is 5.20. The largest absolute Gasteiger partial charge is 0.388 e. The van der Waals surface area contributed by atoms with Crippen LogP contribution < -0.4 is 0 Å². The number of hydrogen-bond acceptors (Lipinski definition) is 4. The summed E-state index contributed by atoms with van der Waals surface area (Å²) in [7, 11) is 1.94. The van der Waals surface area contributed by atoms with Crippen molar-refractivity contribution in [3.8, 4) is 0 Å². The molecule has 1 fully saturated rings. The predicted octanol–water partition coefficient (Wildman–Crippen LogP) is 2.20. The zero-order chi connectivity index (χ0) is 16.1. The zero-order valence-electron chi connectivity index (χ0n) is 13.6. The summed E-state index contributed by atoms with van der Waals surface area (Å²) in [5.41, 5.74) is 1.25. The molecule has 1 N–H and O–H groups in total. The van der Waals surface area contributed by atoms with E-state index >= 15 is 0 Å². The molecule has 2 aromatic rings. The van der Waals surface area contributed by atoms with Crippen LogP contribution in [0.2, 0.25) is 0 Å². The monoisotopic (exact) mass is 312 g/mol. The summed E-state index contributed by atoms with van der Waals surface area (Å²) < 4.78 is 1.94. The summed E-state index contributed by atoms with van der Waals surface area (Å²) in [5, 5.41) is 17.5. The van der Waals surface area contributed by atoms with Crippen LogP contribution in [0.1, 0.15) is 36.0 Å². The van der Waals surface area contributed by atoms with Gasteiger partial charge in [0.1, 0.15) is 12.4 Å². The average Bonchev–Trinajstić information content (AvgIpc) is 2.97. The van der Waals surface area contributed by atoms with E-state index in [4.69, 9.17) is 0 Å². The van der Waals surface area contributed by atoms with E-state index in [0.717, 1.165) is 38.3 Å². The standard InChI is InChI=1S/C18H24N4O/c1-21-17(14-23)19-20-18(21)16-9-12-22(13-10-16)11-5-8-15-6-3-2-4-7-15/h2-8,16,23H,9-14H2,1H3/b8-5+. The van der Waals surface area contributed by atoms with E-state index in [2.05, 4.69) is 51.5 Å². The lowest BCUT2D eigenvalue weighted by Crippen LogP contribution is -2.33. The SMILES string of the molecule is Cn1c(CO)nnc1C1CCN(C/C=C/c2ccccc2)CC1. The molecule has 0 amide bonds. The van der Waals surface area contributed by atoms with Crippen molar-refractivity contribution in [3.05, 3.63) is 53.6 Å². The van der Waals surface area contributed by atoms with Gasteiger partial charge in [-0.3, -0.25) is 4.90 Å². The molecule has 1 aromatic heterocycles. The highest BCUT2D eigenvalue weighted by molar-refractivity contribution is 5.48. The molecule has 23 heavy (non-hydrogen) atoms. The number of nitrogens with zero attached hydrogens (tertiary/aromatic N) is 4. The molecule has 1 saturated heterocycles. The maximum atomic E-state index is 9.22. The minimum atomic E-state index is -0.0490. The van der Waals surface area contributed by atoms with Crippen LogP contribution >= 0.6 is 0 Å². The minimum Gasteiger partial charge on any atom is -0.388 e. The lowest BCUT2D eigenvalue weighted by molar-refractivity contribution is 0.226. The lowest BCUT2D eigenvalue weighted by atomic mass is 9.96. The lowest BCUT2D eigenvalue weighted by Gasteiger charge is -2.30. The molecule has 1 aliphatic rings. The third-order valence-corrected chi connectivity index (χ3v) is 4.57. The zero-order valence-corrected chi connectivity index (χ0v) is 13.6. The van der Waals surface area contributed by atoms with Crippen LogP contribution in [0.15, 0.2) is 36.4 Å². The summed E-state index contributed by atoms with van der Waals surface area (Å²) in [6, 6.07) is 10.4. The fraction of sp³-hybridized carbons (Fsp3) is 0.444. The summed E-state index contributed by atoms with van der Waals surface area (Å²) >= 11 is 0. The second-order valence-electron chi connectivity index (χ2n) is 6.08. The number of benzene rings is 1. The highest BCUT2D eigenvalue weighted by Gasteiger charge is 2.24. The predicted molar refractivity (Wildman–Crippen MR) is 90.8 cm³/mol. The molecule has 0 unspecified atom stereocenters. The molecule has 5 heteroatoms. The summed E-state index contributed by atoms with van der Waals surface area (Å²) in [6.07, 6.45) is 6.61. The Hall–Kier alpha value is -1.98. The first-order valence-corrected chi connectivity index (χ1v) is 8.21. The Labute approximate surface area is 137 Å². The van der Waals surface area contributed by atoms with Crippen LogP contribution in [0, 0.1) is 0 Å². The van der Waals surface area contributed by atoms with Crippen molar-refractivity contribution in [3.63, 3.8) is 0 Å². The maximum absolute atomic E-state index is 9.22. The van der Waals surface area contributed by atoms with Gasteiger partial charge in [-0.25, -0.2) is 0 Å². The van der Waals surface area contributed by atoms with Crippen LogP contribution in [0.25, 0.3) is 6.08 Å². The Morgan fingerprint density at radius 3 is 2.57 bits per heavy atom. The summed E-state index contributed by atoms with van der Waals surface area (Å²) in [5.74, 6) is 2.10. The molecule has 0 aliphatic carbocycles. The Morgan fingerprint density at radius 1 is 1.17 bits per heavy atom. The minimum absolute atomic E-state index is 0.0490. The van der Waals surface area contributed by atoms with Crippen molar-refractivity contribution in [2.45, 2.75) is 25.4 Å². The van der Waals surface area contributed by atoms with Crippen molar-refractivity contribution < 1.29 is 5.11 Å². The summed E-state index contributed by atoms with van der Waals surface area (Å²) in [4.78, 5) is 2.47. The fourth-order valence-corrected chi connectivity index (χ4v) is 3.14. The van der Waals surface area contributed by atoms with E-state index in [1.807, 2.05) is 17.7 Å². The van der Waals surface area contributed by atoms with Gasteiger partial charge in [0.25, 0.3) is 0 Å². The third kappa shape index (κ3) is 3.86. The van der Waals surface area contributed by atoms with Gasteiger partial charge in [0.15, 0.2) is 5.82 Å². The first kappa shape index (κ1) is 15.9. The Balaban J connectivity index is 1.50. The van der Waals surface area contributed by atoms with Gasteiger partial charge in [0, 0.05) is 19.5 Å². The first-order valence-electron chi connectivity index (χ1n) is 8.21. The molecule has 0 bridgehead atoms. The molecular formula is C18H24N4O. The maximum Gasteiger partial charge on any atom is 0.158 e. The van der Waals surface area contributed by atoms with Crippen molar-refractivity contribution in [2.24, 2.45) is 7.05 Å². The Morgan fingerprint density at radius 2 is 1.91 bits per heavy atom. The smallest absolute Gasteiger partial charge is 0.158 e. The molecule has 5 nitrogen and oxygen atoms in total. The van der Waals surface area contributed by atoms with Gasteiger partial charge in [-0.05, 0) is 31.5 Å². The van der Waals surface area contributed by atoms with E-state index in [1.54, 1.807) is 0 Å². The molecular weight excluding hydrogens is 288 g/mol. The number of hydrogen-bond donors (Lipinski definition) is 1. The van der Waals surface area contributed by atoms with Crippen molar-refractivity contribution in [1.82, 2.24) is 19.7 Å².